The molecule has 23 heteroatoms. The highest BCUT2D eigenvalue weighted by Crippen LogP contribution is 2.56. The molecule has 1 rings (SSSR count). The molecule has 2 atom stereocenters. The number of esters is 1. The second kappa shape index (κ2) is 10.9. The first kappa shape index (κ1) is 35.9. The third-order valence-corrected chi connectivity index (χ3v) is 4.31. The molecular formula is C18H10F17NO5. The van der Waals surface area contributed by atoms with Gasteiger partial charge in [-0.05, 0) is 31.2 Å². The molecule has 1 amide bonds. The lowest BCUT2D eigenvalue weighted by atomic mass is 10.2. The summed E-state index contributed by atoms with van der Waals surface area (Å²) in [4.78, 5) is 23.3. The van der Waals surface area contributed by atoms with Gasteiger partial charge in [0.15, 0.2) is 0 Å². The van der Waals surface area contributed by atoms with E-state index in [0.717, 1.165) is 5.32 Å². The molecular weight excluding hydrogens is 633 g/mol. The van der Waals surface area contributed by atoms with Crippen molar-refractivity contribution in [2.24, 2.45) is 0 Å². The minimum Gasteiger partial charge on any atom is -0.462 e. The Morgan fingerprint density at radius 1 is 0.659 bits per heavy atom. The molecule has 6 nitrogen and oxygen atoms in total. The largest absolute Gasteiger partial charge is 0.462 e. The molecule has 236 valence electrons. The molecule has 1 aromatic rings. The summed E-state index contributed by atoms with van der Waals surface area (Å²) in [7, 11) is 0. The van der Waals surface area contributed by atoms with E-state index in [9.17, 15) is 84.2 Å². The maximum atomic E-state index is 14.5. The number of nitrogens with one attached hydrogen (secondary N) is 1. The van der Waals surface area contributed by atoms with Crippen LogP contribution in [-0.2, 0) is 19.0 Å². The van der Waals surface area contributed by atoms with Crippen LogP contribution in [0.2, 0.25) is 0 Å². The number of ether oxygens (including phenoxy) is 3. The van der Waals surface area contributed by atoms with E-state index in [2.05, 4.69) is 4.74 Å². The molecule has 0 aliphatic rings. The fraction of sp³-hybridized carbons (Fsp3) is 0.556. The molecule has 2 unspecified atom stereocenters. The van der Waals surface area contributed by atoms with Crippen LogP contribution in [0.3, 0.4) is 0 Å². The number of carbonyl (C=O) groups is 2. The van der Waals surface area contributed by atoms with E-state index >= 15 is 0 Å². The lowest BCUT2D eigenvalue weighted by molar-refractivity contribution is -0.548. The van der Waals surface area contributed by atoms with Crippen molar-refractivity contribution in [3.8, 4) is 0 Å². The number of hydrogen-bond donors (Lipinski definition) is 1. The van der Waals surface area contributed by atoms with E-state index in [4.69, 9.17) is 0 Å². The molecule has 0 aliphatic carbocycles. The van der Waals surface area contributed by atoms with E-state index in [1.807, 2.05) is 4.74 Å². The average Bonchev–Trinajstić information content (AvgIpc) is 2.76. The highest BCUT2D eigenvalue weighted by Gasteiger charge is 2.85. The van der Waals surface area contributed by atoms with Gasteiger partial charge in [-0.3, -0.25) is 14.3 Å². The third-order valence-electron chi connectivity index (χ3n) is 4.31. The van der Waals surface area contributed by atoms with Crippen LogP contribution in [0.15, 0.2) is 24.3 Å². The maximum absolute atomic E-state index is 14.5. The minimum absolute atomic E-state index is 0.198. The van der Waals surface area contributed by atoms with E-state index < -0.39 is 71.5 Å². The van der Waals surface area contributed by atoms with E-state index in [1.54, 1.807) is 0 Å². The van der Waals surface area contributed by atoms with Crippen LogP contribution in [0.25, 0.3) is 0 Å². The van der Waals surface area contributed by atoms with Crippen molar-refractivity contribution >= 4 is 17.6 Å². The zero-order chi connectivity index (χ0) is 32.7. The number of alkyl halides is 17. The first-order valence-electron chi connectivity index (χ1n) is 9.71. The summed E-state index contributed by atoms with van der Waals surface area (Å²) < 4.78 is 232. The molecule has 0 saturated carbocycles. The normalized spacial score (nSPS) is 16.9. The quantitative estimate of drug-likeness (QED) is 0.228. The van der Waals surface area contributed by atoms with Crippen LogP contribution < -0.4 is 5.32 Å². The molecule has 0 aliphatic heterocycles. The molecule has 0 fully saturated rings. The number of hydrogen-bond acceptors (Lipinski definition) is 5. The van der Waals surface area contributed by atoms with Gasteiger partial charge in [0.2, 0.25) is 0 Å². The Bertz CT molecular complexity index is 1100. The van der Waals surface area contributed by atoms with Gasteiger partial charge in [0.25, 0.3) is 5.91 Å². The van der Waals surface area contributed by atoms with Crippen molar-refractivity contribution in [1.29, 1.82) is 0 Å². The number of carbonyl (C=O) groups excluding carboxylic acids is 2. The average molecular weight is 643 g/mol. The van der Waals surface area contributed by atoms with Crippen molar-refractivity contribution in [3.05, 3.63) is 29.8 Å². The second-order valence-corrected chi connectivity index (χ2v) is 7.25. The van der Waals surface area contributed by atoms with Crippen molar-refractivity contribution in [2.45, 2.75) is 55.3 Å². The van der Waals surface area contributed by atoms with E-state index in [0.29, 0.717) is 24.3 Å². The van der Waals surface area contributed by atoms with Gasteiger partial charge in [-0.2, -0.15) is 74.6 Å². The Hall–Kier alpha value is -3.11. The zero-order valence-electron chi connectivity index (χ0n) is 19.0. The van der Waals surface area contributed by atoms with Crippen molar-refractivity contribution in [3.63, 3.8) is 0 Å². The Kier molecular flexibility index (Phi) is 9.59. The summed E-state index contributed by atoms with van der Waals surface area (Å²) >= 11 is 0. The minimum atomic E-state index is -8.11. The summed E-state index contributed by atoms with van der Waals surface area (Å²) in [6, 6.07) is 2.17. The molecule has 41 heavy (non-hydrogen) atoms. The topological polar surface area (TPSA) is 73.9 Å². The van der Waals surface area contributed by atoms with E-state index in [1.165, 1.54) is 11.7 Å². The van der Waals surface area contributed by atoms with Crippen LogP contribution in [0.1, 0.15) is 17.3 Å². The van der Waals surface area contributed by atoms with Crippen molar-refractivity contribution in [1.82, 2.24) is 0 Å². The van der Waals surface area contributed by atoms with Gasteiger partial charge in [0.1, 0.15) is 0 Å². The number of amides is 1. The lowest BCUT2D eigenvalue weighted by Crippen LogP contribution is -2.68. The Labute approximate surface area is 214 Å². The maximum Gasteiger partial charge on any atom is 0.462 e. The highest BCUT2D eigenvalue weighted by atomic mass is 19.4. The lowest BCUT2D eigenvalue weighted by Gasteiger charge is -2.40. The van der Waals surface area contributed by atoms with Gasteiger partial charge in [-0.15, -0.1) is 0 Å². The summed E-state index contributed by atoms with van der Waals surface area (Å²) in [5, 5.41) is 0.787. The van der Waals surface area contributed by atoms with Crippen LogP contribution in [0.4, 0.5) is 80.3 Å². The van der Waals surface area contributed by atoms with E-state index in [-0.39, 0.29) is 6.61 Å². The predicted molar refractivity (Wildman–Crippen MR) is 93.9 cm³/mol. The molecule has 0 saturated heterocycles. The van der Waals surface area contributed by atoms with Gasteiger partial charge in [-0.1, -0.05) is 0 Å². The first-order chi connectivity index (χ1) is 18.0. The summed E-state index contributed by atoms with van der Waals surface area (Å²) in [5.74, 6) is -27.6. The zero-order valence-corrected chi connectivity index (χ0v) is 19.0. The third kappa shape index (κ3) is 6.86. The molecule has 0 spiro atoms. The molecule has 1 N–H and O–H groups in total. The van der Waals surface area contributed by atoms with Gasteiger partial charge >= 0.3 is 54.3 Å². The van der Waals surface area contributed by atoms with Crippen molar-refractivity contribution in [2.75, 3.05) is 11.9 Å². The second-order valence-electron chi connectivity index (χ2n) is 7.25. The molecule has 0 aromatic heterocycles. The van der Waals surface area contributed by atoms with Crippen LogP contribution >= 0.6 is 0 Å². The number of halogens is 17. The highest BCUT2D eigenvalue weighted by molar-refractivity contribution is 5.97. The molecule has 0 heterocycles. The van der Waals surface area contributed by atoms with Crippen LogP contribution in [-0.4, -0.2) is 66.9 Å². The molecule has 0 radical (unpaired) electrons. The monoisotopic (exact) mass is 643 g/mol. The Balaban J connectivity index is 3.55. The smallest absolute Gasteiger partial charge is 0.462 e. The fourth-order valence-electron chi connectivity index (χ4n) is 2.28. The predicted octanol–water partition coefficient (Wildman–Crippen LogP) is 6.67. The number of anilines is 1. The van der Waals surface area contributed by atoms with Crippen LogP contribution in [0.5, 0.6) is 0 Å². The van der Waals surface area contributed by atoms with Gasteiger partial charge in [0.05, 0.1) is 12.2 Å². The standard InChI is InChI=1S/C18H10F17NO5/c1-2-39-9(37)7-3-5-8(6-4-7)36-10(38)11(19,14(23,24)25)40-18(34,35)13(22,16(29,30)31)41-17(32,33)12(20,21)15(26,27)28/h3-6H,2H2,1H3,(H,36,38). The fourth-order valence-corrected chi connectivity index (χ4v) is 2.28. The van der Waals surface area contributed by atoms with Gasteiger partial charge in [0, 0.05) is 5.69 Å². The van der Waals surface area contributed by atoms with Gasteiger partial charge in [-0.25, -0.2) is 4.79 Å². The number of rotatable bonds is 10. The van der Waals surface area contributed by atoms with Gasteiger partial charge < -0.3 is 10.1 Å². The number of benzene rings is 1. The Morgan fingerprint density at radius 2 is 1.12 bits per heavy atom. The SMILES string of the molecule is CCOC(=O)c1ccc(NC(=O)C(F)(OC(F)(F)C(F)(OC(F)(F)C(F)(F)C(F)(F)F)C(F)(F)F)C(F)(F)F)cc1. The molecule has 0 bridgehead atoms. The van der Waals surface area contributed by atoms with Crippen LogP contribution in [0, 0.1) is 0 Å². The summed E-state index contributed by atoms with van der Waals surface area (Å²) in [6.07, 6.45) is -38.8. The molecule has 1 aromatic carbocycles. The summed E-state index contributed by atoms with van der Waals surface area (Å²) in [5.41, 5.74) is -1.47. The Morgan fingerprint density at radius 3 is 1.49 bits per heavy atom. The first-order valence-corrected chi connectivity index (χ1v) is 9.71. The van der Waals surface area contributed by atoms with Crippen molar-refractivity contribution < 1.29 is 98.4 Å². The summed E-state index contributed by atoms with van der Waals surface area (Å²) in [6.45, 7) is 1.13.